The van der Waals surface area contributed by atoms with Crippen molar-refractivity contribution >= 4 is 33.5 Å². The minimum absolute atomic E-state index is 0.235. The number of hydrogen-bond acceptors (Lipinski definition) is 6. The molecule has 1 unspecified atom stereocenters. The number of amides is 1. The molecule has 1 aromatic heterocycles. The quantitative estimate of drug-likeness (QED) is 0.259. The zero-order valence-electron chi connectivity index (χ0n) is 21.4. The smallest absolute Gasteiger partial charge is 0.255 e. The Labute approximate surface area is 229 Å². The molecule has 0 fully saturated rings. The van der Waals surface area contributed by atoms with E-state index in [1.807, 2.05) is 68.4 Å². The number of rotatable bonds is 8. The number of carbonyl (C=O) groups excluding carboxylic acids is 1. The first-order chi connectivity index (χ1) is 18.4. The Bertz CT molecular complexity index is 1500. The van der Waals surface area contributed by atoms with E-state index in [0.717, 1.165) is 11.1 Å². The number of nitrogens with one attached hydrogen (secondary N) is 2. The summed E-state index contributed by atoms with van der Waals surface area (Å²) < 4.78 is 14.7. The van der Waals surface area contributed by atoms with Gasteiger partial charge in [0.25, 0.3) is 5.91 Å². The molecule has 0 aliphatic carbocycles. The molecule has 3 aromatic carbocycles. The van der Waals surface area contributed by atoms with Crippen LogP contribution in [-0.4, -0.2) is 27.3 Å². The van der Waals surface area contributed by atoms with Crippen molar-refractivity contribution in [1.29, 1.82) is 0 Å². The fourth-order valence-corrected chi connectivity index (χ4v) is 5.09. The lowest BCUT2D eigenvalue weighted by atomic mass is 9.94. The van der Waals surface area contributed by atoms with Gasteiger partial charge in [0.1, 0.15) is 19.0 Å². The Balaban J connectivity index is 1.53. The Kier molecular flexibility index (Phi) is 7.46. The van der Waals surface area contributed by atoms with Gasteiger partial charge >= 0.3 is 0 Å². The van der Waals surface area contributed by atoms with Crippen LogP contribution in [-0.2, 0) is 11.4 Å². The molecule has 8 nitrogen and oxygen atoms in total. The van der Waals surface area contributed by atoms with Gasteiger partial charge in [-0.1, -0.05) is 48.0 Å². The van der Waals surface area contributed by atoms with Gasteiger partial charge in [-0.25, -0.2) is 4.68 Å². The molecule has 1 aliphatic heterocycles. The number of anilines is 2. The van der Waals surface area contributed by atoms with Crippen molar-refractivity contribution in [2.75, 3.05) is 17.2 Å². The fraction of sp³-hybridized carbons (Fsp3) is 0.207. The molecule has 1 amide bonds. The second-order valence-corrected chi connectivity index (χ2v) is 9.81. The highest BCUT2D eigenvalue weighted by atomic mass is 79.9. The molecule has 1 aliphatic rings. The molecule has 0 radical (unpaired) electrons. The molecule has 2 heterocycles. The predicted octanol–water partition coefficient (Wildman–Crippen LogP) is 6.25. The minimum Gasteiger partial charge on any atom is -0.490 e. The minimum atomic E-state index is -0.543. The zero-order chi connectivity index (χ0) is 26.6. The van der Waals surface area contributed by atoms with Crippen molar-refractivity contribution in [3.63, 3.8) is 0 Å². The first-order valence-electron chi connectivity index (χ1n) is 12.3. The number of ether oxygens (including phenoxy) is 2. The summed E-state index contributed by atoms with van der Waals surface area (Å²) in [5.74, 6) is 1.49. The zero-order valence-corrected chi connectivity index (χ0v) is 23.0. The van der Waals surface area contributed by atoms with Crippen LogP contribution >= 0.6 is 15.9 Å². The number of allylic oxidation sites excluding steroid dienone is 1. The number of para-hydroxylation sites is 1. The average molecular weight is 574 g/mol. The topological polar surface area (TPSA) is 90.3 Å². The number of carbonyl (C=O) groups is 1. The van der Waals surface area contributed by atoms with Gasteiger partial charge in [0.15, 0.2) is 11.5 Å². The summed E-state index contributed by atoms with van der Waals surface area (Å²) in [5, 5.41) is 10.7. The fourth-order valence-electron chi connectivity index (χ4n) is 4.52. The Morgan fingerprint density at radius 3 is 2.66 bits per heavy atom. The van der Waals surface area contributed by atoms with Gasteiger partial charge in [0, 0.05) is 11.4 Å². The van der Waals surface area contributed by atoms with Gasteiger partial charge in [-0.3, -0.25) is 4.79 Å². The van der Waals surface area contributed by atoms with Gasteiger partial charge in [-0.15, -0.1) is 0 Å². The standard InChI is InChI=1S/C29H28BrN5O3/c1-4-37-24-15-21(14-23(30)27(24)38-16-20-10-8-9-18(2)13-20)26-25(19(3)33-29-31-17-32-35(26)29)28(36)34-22-11-6-5-7-12-22/h5-15,17,26H,4,16H2,1-3H3,(H,34,36)(H,31,32,33). The molecule has 0 saturated heterocycles. The average Bonchev–Trinajstić information content (AvgIpc) is 3.36. The van der Waals surface area contributed by atoms with Crippen molar-refractivity contribution in [2.45, 2.75) is 33.4 Å². The van der Waals surface area contributed by atoms with E-state index in [-0.39, 0.29) is 5.91 Å². The highest BCUT2D eigenvalue weighted by molar-refractivity contribution is 9.10. The van der Waals surface area contributed by atoms with E-state index in [1.54, 1.807) is 4.68 Å². The van der Waals surface area contributed by atoms with E-state index in [0.29, 0.717) is 52.1 Å². The molecule has 5 rings (SSSR count). The molecule has 9 heteroatoms. The summed E-state index contributed by atoms with van der Waals surface area (Å²) in [6.07, 6.45) is 1.47. The Morgan fingerprint density at radius 1 is 1.08 bits per heavy atom. The third-order valence-corrected chi connectivity index (χ3v) is 6.77. The van der Waals surface area contributed by atoms with Crippen LogP contribution in [0.5, 0.6) is 11.5 Å². The lowest BCUT2D eigenvalue weighted by molar-refractivity contribution is -0.113. The summed E-state index contributed by atoms with van der Waals surface area (Å²) in [6.45, 7) is 6.69. The van der Waals surface area contributed by atoms with Crippen LogP contribution in [0.1, 0.15) is 36.6 Å². The maximum atomic E-state index is 13.6. The van der Waals surface area contributed by atoms with Crippen molar-refractivity contribution in [3.05, 3.63) is 105 Å². The van der Waals surface area contributed by atoms with Crippen LogP contribution in [0.4, 0.5) is 11.6 Å². The second-order valence-electron chi connectivity index (χ2n) is 8.96. The lowest BCUT2D eigenvalue weighted by Crippen LogP contribution is -2.31. The van der Waals surface area contributed by atoms with E-state index in [1.165, 1.54) is 11.9 Å². The van der Waals surface area contributed by atoms with Crippen molar-refractivity contribution in [2.24, 2.45) is 0 Å². The molecule has 194 valence electrons. The van der Waals surface area contributed by atoms with Crippen LogP contribution in [0, 0.1) is 6.92 Å². The molecule has 0 bridgehead atoms. The summed E-state index contributed by atoms with van der Waals surface area (Å²) in [7, 11) is 0. The Hall–Kier alpha value is -4.11. The van der Waals surface area contributed by atoms with Crippen LogP contribution in [0.2, 0.25) is 0 Å². The number of nitrogens with zero attached hydrogens (tertiary/aromatic N) is 3. The summed E-state index contributed by atoms with van der Waals surface area (Å²) in [6, 6.07) is 20.9. The molecular formula is C29H28BrN5O3. The maximum Gasteiger partial charge on any atom is 0.255 e. The van der Waals surface area contributed by atoms with Crippen LogP contribution < -0.4 is 20.1 Å². The predicted molar refractivity (Wildman–Crippen MR) is 150 cm³/mol. The van der Waals surface area contributed by atoms with Crippen molar-refractivity contribution in [1.82, 2.24) is 14.8 Å². The normalized spacial score (nSPS) is 14.5. The number of fused-ring (bicyclic) bond motifs is 1. The van der Waals surface area contributed by atoms with Gasteiger partial charge in [0.2, 0.25) is 5.95 Å². The summed E-state index contributed by atoms with van der Waals surface area (Å²) in [5.41, 5.74) is 4.95. The molecule has 4 aromatic rings. The van der Waals surface area contributed by atoms with E-state index >= 15 is 0 Å². The van der Waals surface area contributed by atoms with E-state index in [9.17, 15) is 4.79 Å². The third kappa shape index (κ3) is 5.28. The molecule has 0 spiro atoms. The first kappa shape index (κ1) is 25.5. The molecule has 38 heavy (non-hydrogen) atoms. The number of benzene rings is 3. The largest absolute Gasteiger partial charge is 0.490 e. The van der Waals surface area contributed by atoms with Gasteiger partial charge < -0.3 is 20.1 Å². The number of aryl methyl sites for hydroxylation is 1. The molecule has 0 saturated carbocycles. The van der Waals surface area contributed by atoms with Gasteiger partial charge in [0.05, 0.1) is 16.7 Å². The SMILES string of the molecule is CCOc1cc(C2C(C(=O)Nc3ccccc3)=C(C)Nc3ncnn32)cc(Br)c1OCc1cccc(C)c1. The van der Waals surface area contributed by atoms with E-state index in [2.05, 4.69) is 55.7 Å². The summed E-state index contributed by atoms with van der Waals surface area (Å²) >= 11 is 3.70. The number of halogens is 1. The number of hydrogen-bond donors (Lipinski definition) is 2. The van der Waals surface area contributed by atoms with Crippen LogP contribution in [0.3, 0.4) is 0 Å². The second kappa shape index (κ2) is 11.1. The summed E-state index contributed by atoms with van der Waals surface area (Å²) in [4.78, 5) is 17.9. The first-order valence-corrected chi connectivity index (χ1v) is 13.1. The molecular weight excluding hydrogens is 546 g/mol. The maximum absolute atomic E-state index is 13.6. The van der Waals surface area contributed by atoms with Crippen molar-refractivity contribution in [3.8, 4) is 11.5 Å². The van der Waals surface area contributed by atoms with E-state index < -0.39 is 6.04 Å². The highest BCUT2D eigenvalue weighted by Gasteiger charge is 2.34. The molecule has 1 atom stereocenters. The van der Waals surface area contributed by atoms with E-state index in [4.69, 9.17) is 9.47 Å². The van der Waals surface area contributed by atoms with Gasteiger partial charge in [-0.05, 0) is 72.1 Å². The van der Waals surface area contributed by atoms with Gasteiger partial charge in [-0.2, -0.15) is 10.1 Å². The van der Waals surface area contributed by atoms with Crippen LogP contribution in [0.25, 0.3) is 0 Å². The van der Waals surface area contributed by atoms with Crippen LogP contribution in [0.15, 0.2) is 88.8 Å². The third-order valence-electron chi connectivity index (χ3n) is 6.18. The monoisotopic (exact) mass is 573 g/mol. The molecule has 2 N–H and O–H groups in total. The lowest BCUT2D eigenvalue weighted by Gasteiger charge is -2.29. The Morgan fingerprint density at radius 2 is 1.89 bits per heavy atom. The van der Waals surface area contributed by atoms with Crippen molar-refractivity contribution < 1.29 is 14.3 Å². The number of aromatic nitrogens is 3. The highest BCUT2D eigenvalue weighted by Crippen LogP contribution is 2.43.